The summed E-state index contributed by atoms with van der Waals surface area (Å²) in [5, 5.41) is 8.08. The average molecular weight is 325 g/mol. The third kappa shape index (κ3) is 3.05. The third-order valence-electron chi connectivity index (χ3n) is 4.13. The van der Waals surface area contributed by atoms with Crippen molar-refractivity contribution in [1.29, 1.82) is 0 Å². The van der Waals surface area contributed by atoms with Crippen molar-refractivity contribution in [3.8, 4) is 17.4 Å². The lowest BCUT2D eigenvalue weighted by Gasteiger charge is -2.38. The minimum Gasteiger partial charge on any atom is -0.487 e. The highest BCUT2D eigenvalue weighted by Crippen LogP contribution is 2.24. The fourth-order valence-electron chi connectivity index (χ4n) is 2.83. The maximum absolute atomic E-state index is 6.08. The fourth-order valence-corrected chi connectivity index (χ4v) is 2.83. The predicted molar refractivity (Wildman–Crippen MR) is 87.5 cm³/mol. The van der Waals surface area contributed by atoms with Crippen molar-refractivity contribution in [1.82, 2.24) is 15.1 Å². The van der Waals surface area contributed by atoms with E-state index in [-0.39, 0.29) is 6.10 Å². The van der Waals surface area contributed by atoms with Gasteiger partial charge < -0.3 is 13.6 Å². The summed E-state index contributed by atoms with van der Waals surface area (Å²) in [6.07, 6.45) is 2.78. The first kappa shape index (κ1) is 15.0. The fraction of sp³-hybridized carbons (Fsp3) is 0.333. The Kier molecular flexibility index (Phi) is 4.04. The molecule has 124 valence electrons. The van der Waals surface area contributed by atoms with Crippen LogP contribution in [-0.4, -0.2) is 34.3 Å². The number of para-hydroxylation sites is 1. The first-order chi connectivity index (χ1) is 11.8. The van der Waals surface area contributed by atoms with Crippen LogP contribution in [0.4, 0.5) is 0 Å². The Morgan fingerprint density at radius 3 is 2.83 bits per heavy atom. The maximum atomic E-state index is 6.08. The van der Waals surface area contributed by atoms with E-state index >= 15 is 0 Å². The summed E-state index contributed by atoms with van der Waals surface area (Å²) in [5.41, 5.74) is 1.25. The monoisotopic (exact) mass is 325 g/mol. The van der Waals surface area contributed by atoms with E-state index in [1.54, 1.807) is 18.4 Å². The number of nitrogens with zero attached hydrogens (tertiary/aromatic N) is 3. The van der Waals surface area contributed by atoms with Gasteiger partial charge in [-0.3, -0.25) is 4.90 Å². The van der Waals surface area contributed by atoms with E-state index in [0.29, 0.717) is 24.1 Å². The van der Waals surface area contributed by atoms with Crippen LogP contribution in [0.3, 0.4) is 0 Å². The molecular formula is C18H19N3O3. The molecule has 0 radical (unpaired) electrons. The van der Waals surface area contributed by atoms with Gasteiger partial charge in [-0.05, 0) is 30.2 Å². The molecule has 0 saturated carbocycles. The van der Waals surface area contributed by atoms with E-state index in [1.807, 2.05) is 18.2 Å². The molecule has 4 rings (SSSR count). The molecule has 24 heavy (non-hydrogen) atoms. The molecule has 6 heteroatoms. The second-order valence-corrected chi connectivity index (χ2v) is 5.87. The van der Waals surface area contributed by atoms with Gasteiger partial charge in [0.05, 0.1) is 12.8 Å². The number of furan rings is 1. The molecule has 0 aliphatic carbocycles. The summed E-state index contributed by atoms with van der Waals surface area (Å²) in [7, 11) is 0. The zero-order valence-corrected chi connectivity index (χ0v) is 13.5. The van der Waals surface area contributed by atoms with Crippen molar-refractivity contribution < 1.29 is 13.6 Å². The molecule has 3 heterocycles. The molecule has 6 nitrogen and oxygen atoms in total. The molecule has 0 spiro atoms. The van der Waals surface area contributed by atoms with Gasteiger partial charge in [-0.15, -0.1) is 10.2 Å². The SMILES string of the molecule is CCc1ccccc1OC1CN(Cc2nnc(-c3ccco3)o2)C1. The highest BCUT2D eigenvalue weighted by molar-refractivity contribution is 5.42. The Balaban J connectivity index is 1.30. The van der Waals surface area contributed by atoms with Crippen LogP contribution in [0.15, 0.2) is 51.5 Å². The molecule has 1 saturated heterocycles. The van der Waals surface area contributed by atoms with Crippen LogP contribution in [0.25, 0.3) is 11.7 Å². The second-order valence-electron chi connectivity index (χ2n) is 5.87. The molecule has 2 aromatic heterocycles. The third-order valence-corrected chi connectivity index (χ3v) is 4.13. The van der Waals surface area contributed by atoms with Crippen LogP contribution >= 0.6 is 0 Å². The summed E-state index contributed by atoms with van der Waals surface area (Å²) in [6, 6.07) is 11.8. The van der Waals surface area contributed by atoms with Crippen molar-refractivity contribution in [3.05, 3.63) is 54.1 Å². The molecule has 3 aromatic rings. The minimum absolute atomic E-state index is 0.213. The molecule has 0 N–H and O–H groups in total. The zero-order valence-electron chi connectivity index (χ0n) is 13.5. The number of rotatable bonds is 6. The van der Waals surface area contributed by atoms with Crippen LogP contribution in [0.2, 0.25) is 0 Å². The van der Waals surface area contributed by atoms with Gasteiger partial charge in [0.15, 0.2) is 5.76 Å². The molecule has 1 aromatic carbocycles. The number of hydrogen-bond acceptors (Lipinski definition) is 6. The van der Waals surface area contributed by atoms with E-state index in [0.717, 1.165) is 25.3 Å². The molecule has 0 bridgehead atoms. The van der Waals surface area contributed by atoms with Gasteiger partial charge in [0.2, 0.25) is 5.89 Å². The predicted octanol–water partition coefficient (Wildman–Crippen LogP) is 3.16. The second kappa shape index (κ2) is 6.49. The normalized spacial score (nSPS) is 15.4. The number of likely N-dealkylation sites (tertiary alicyclic amines) is 1. The first-order valence-electron chi connectivity index (χ1n) is 8.15. The van der Waals surface area contributed by atoms with E-state index in [1.165, 1.54) is 5.56 Å². The summed E-state index contributed by atoms with van der Waals surface area (Å²) in [5.74, 6) is 2.59. The molecule has 0 atom stereocenters. The van der Waals surface area contributed by atoms with Crippen LogP contribution in [-0.2, 0) is 13.0 Å². The van der Waals surface area contributed by atoms with E-state index in [9.17, 15) is 0 Å². The van der Waals surface area contributed by atoms with E-state index in [4.69, 9.17) is 13.6 Å². The summed E-state index contributed by atoms with van der Waals surface area (Å²) >= 11 is 0. The molecule has 1 aliphatic rings. The van der Waals surface area contributed by atoms with Crippen LogP contribution < -0.4 is 4.74 Å². The Labute approximate surface area is 140 Å². The number of aryl methyl sites for hydroxylation is 1. The van der Waals surface area contributed by atoms with Gasteiger partial charge >= 0.3 is 0 Å². The number of hydrogen-bond donors (Lipinski definition) is 0. The van der Waals surface area contributed by atoms with E-state index < -0.39 is 0 Å². The molecule has 0 unspecified atom stereocenters. The standard InChI is InChI=1S/C18H19N3O3/c1-2-13-6-3-4-7-15(13)23-14-10-21(11-14)12-17-19-20-18(24-17)16-8-5-9-22-16/h3-9,14H,2,10-12H2,1H3. The maximum Gasteiger partial charge on any atom is 0.283 e. The quantitative estimate of drug-likeness (QED) is 0.694. The van der Waals surface area contributed by atoms with Gasteiger partial charge in [0, 0.05) is 13.1 Å². The smallest absolute Gasteiger partial charge is 0.283 e. The van der Waals surface area contributed by atoms with Gasteiger partial charge in [0.25, 0.3) is 5.89 Å². The Bertz CT molecular complexity index is 791. The van der Waals surface area contributed by atoms with Crippen molar-refractivity contribution in [2.24, 2.45) is 0 Å². The highest BCUT2D eigenvalue weighted by Gasteiger charge is 2.30. The van der Waals surface area contributed by atoms with Crippen molar-refractivity contribution in [2.75, 3.05) is 13.1 Å². The Hall–Kier alpha value is -2.60. The van der Waals surface area contributed by atoms with Crippen molar-refractivity contribution in [2.45, 2.75) is 26.0 Å². The Morgan fingerprint density at radius 1 is 1.17 bits per heavy atom. The van der Waals surface area contributed by atoms with Gasteiger partial charge in [-0.1, -0.05) is 25.1 Å². The molecular weight excluding hydrogens is 306 g/mol. The first-order valence-corrected chi connectivity index (χ1v) is 8.15. The molecule has 0 amide bonds. The molecule has 1 fully saturated rings. The number of ether oxygens (including phenoxy) is 1. The lowest BCUT2D eigenvalue weighted by Crippen LogP contribution is -2.53. The summed E-state index contributed by atoms with van der Waals surface area (Å²) in [6.45, 7) is 4.48. The summed E-state index contributed by atoms with van der Waals surface area (Å²) in [4.78, 5) is 2.22. The van der Waals surface area contributed by atoms with Gasteiger partial charge in [-0.2, -0.15) is 0 Å². The number of benzene rings is 1. The summed E-state index contributed by atoms with van der Waals surface area (Å²) < 4.78 is 17.0. The minimum atomic E-state index is 0.213. The number of aromatic nitrogens is 2. The van der Waals surface area contributed by atoms with Crippen LogP contribution in [0, 0.1) is 0 Å². The van der Waals surface area contributed by atoms with Crippen molar-refractivity contribution >= 4 is 0 Å². The topological polar surface area (TPSA) is 64.5 Å². The lowest BCUT2D eigenvalue weighted by atomic mass is 10.1. The largest absolute Gasteiger partial charge is 0.487 e. The molecule has 1 aliphatic heterocycles. The van der Waals surface area contributed by atoms with Gasteiger partial charge in [-0.25, -0.2) is 0 Å². The van der Waals surface area contributed by atoms with Crippen molar-refractivity contribution in [3.63, 3.8) is 0 Å². The zero-order chi connectivity index (χ0) is 16.4. The Morgan fingerprint density at radius 2 is 2.04 bits per heavy atom. The highest BCUT2D eigenvalue weighted by atomic mass is 16.5. The lowest BCUT2D eigenvalue weighted by molar-refractivity contribution is 0.00922. The van der Waals surface area contributed by atoms with Crippen LogP contribution in [0.1, 0.15) is 18.4 Å². The van der Waals surface area contributed by atoms with Gasteiger partial charge in [0.1, 0.15) is 11.9 Å². The van der Waals surface area contributed by atoms with Crippen LogP contribution in [0.5, 0.6) is 5.75 Å². The average Bonchev–Trinajstić information content (AvgIpc) is 3.24. The van der Waals surface area contributed by atoms with E-state index in [2.05, 4.69) is 28.1 Å².